The van der Waals surface area contributed by atoms with Gasteiger partial charge in [-0.2, -0.15) is 0 Å². The molecular formula is C33H26Fe2O2S+4. The fourth-order valence-electron chi connectivity index (χ4n) is 4.01. The Kier molecular flexibility index (Phi) is 15.9. The van der Waals surface area contributed by atoms with Gasteiger partial charge in [0.15, 0.2) is 5.78 Å². The third-order valence-corrected chi connectivity index (χ3v) is 6.44. The van der Waals surface area contributed by atoms with Crippen LogP contribution >= 0.6 is 11.8 Å². The number of benzene rings is 1. The van der Waals surface area contributed by atoms with E-state index < -0.39 is 0 Å². The molecule has 4 fully saturated rings. The molecule has 1 aromatic rings. The minimum absolute atomic E-state index is 0. The normalized spacial score (nSPS) is 21.4. The van der Waals surface area contributed by atoms with Gasteiger partial charge in [-0.15, -0.1) is 11.8 Å². The third kappa shape index (κ3) is 8.71. The molecule has 0 saturated heterocycles. The standard InChI is InChI=1S/C23H16O2S.2C5H5.2Fe/c1-26-23-19(16-11-7-8-12-16)18(15-9-5-6-10-15)20(22(23)25)21(24)17-13-3-2-4-14-17;2*1-2-4-5-3-1;;/h2-14H,1H3;2*1-5H;;/q;;;2*+2. The first-order chi connectivity index (χ1) is 17.7. The number of carbonyl (C=O) groups excluding carboxylic acids is 2. The SMILES string of the molecule is CSC1=C([C]2[CH][CH][CH][CH]2)C([C]2[CH][CH][CH][CH]2)=C(C(=O)c2ccccc2)C1=O.[CH]1[CH][CH][CH][CH]1.[CH]1[CH][CH][CH][CH]1.[Fe+2].[Fe+2]. The fraction of sp³-hybridized carbons (Fsp3) is 0.0303. The van der Waals surface area contributed by atoms with Crippen LogP contribution in [-0.2, 0) is 38.9 Å². The topological polar surface area (TPSA) is 34.1 Å². The molecule has 4 saturated carbocycles. The first kappa shape index (κ1) is 33.6. The predicted molar refractivity (Wildman–Crippen MR) is 147 cm³/mol. The van der Waals surface area contributed by atoms with Crippen molar-refractivity contribution in [3.8, 4) is 0 Å². The average Bonchev–Trinajstić information content (AvgIpc) is 3.75. The van der Waals surface area contributed by atoms with Gasteiger partial charge in [-0.25, -0.2) is 0 Å². The van der Waals surface area contributed by atoms with Gasteiger partial charge in [-0.05, 0) is 133 Å². The number of ketones is 2. The van der Waals surface area contributed by atoms with Crippen LogP contribution in [0.4, 0.5) is 0 Å². The van der Waals surface area contributed by atoms with E-state index in [1.807, 2.05) is 140 Å². The zero-order chi connectivity index (χ0) is 25.2. The van der Waals surface area contributed by atoms with E-state index in [-0.39, 0.29) is 51.3 Å². The van der Waals surface area contributed by atoms with Crippen molar-refractivity contribution in [1.29, 1.82) is 0 Å². The number of Topliss-reactive ketones (excluding diaryl/α,β-unsaturated/α-hetero) is 2. The summed E-state index contributed by atoms with van der Waals surface area (Å²) in [7, 11) is 0. The summed E-state index contributed by atoms with van der Waals surface area (Å²) in [6, 6.07) is 9.00. The molecule has 38 heavy (non-hydrogen) atoms. The van der Waals surface area contributed by atoms with E-state index in [2.05, 4.69) is 0 Å². The maximum atomic E-state index is 13.2. The summed E-state index contributed by atoms with van der Waals surface area (Å²) in [6.07, 6.45) is 37.5. The van der Waals surface area contributed by atoms with Gasteiger partial charge in [0.2, 0.25) is 5.78 Å². The molecular weight excluding hydrogens is 572 g/mol. The van der Waals surface area contributed by atoms with Gasteiger partial charge >= 0.3 is 34.1 Å². The Morgan fingerprint density at radius 1 is 0.579 bits per heavy atom. The van der Waals surface area contributed by atoms with E-state index in [0.717, 1.165) is 23.0 Å². The number of hydrogen-bond acceptors (Lipinski definition) is 3. The molecule has 188 valence electrons. The Morgan fingerprint density at radius 3 is 1.37 bits per heavy atom. The van der Waals surface area contributed by atoms with E-state index in [9.17, 15) is 9.59 Å². The summed E-state index contributed by atoms with van der Waals surface area (Å²) in [5, 5.41) is 0. The van der Waals surface area contributed by atoms with Crippen molar-refractivity contribution in [2.45, 2.75) is 0 Å². The molecule has 0 aliphatic heterocycles. The van der Waals surface area contributed by atoms with Crippen LogP contribution in [0, 0.1) is 127 Å². The van der Waals surface area contributed by atoms with E-state index in [1.54, 1.807) is 12.1 Å². The maximum absolute atomic E-state index is 13.2. The third-order valence-electron chi connectivity index (χ3n) is 5.64. The largest absolute Gasteiger partial charge is 2.00 e. The van der Waals surface area contributed by atoms with Gasteiger partial charge in [0, 0.05) is 17.4 Å². The van der Waals surface area contributed by atoms with Crippen LogP contribution < -0.4 is 0 Å². The Morgan fingerprint density at radius 2 is 0.974 bits per heavy atom. The Balaban J connectivity index is 0.000000354. The minimum Gasteiger partial charge on any atom is -0.288 e. The molecule has 6 rings (SSSR count). The molecule has 2 nitrogen and oxygen atoms in total. The van der Waals surface area contributed by atoms with E-state index >= 15 is 0 Å². The van der Waals surface area contributed by atoms with Crippen LogP contribution in [0.25, 0.3) is 0 Å². The molecule has 0 amide bonds. The van der Waals surface area contributed by atoms with Crippen molar-refractivity contribution >= 4 is 23.3 Å². The fourth-order valence-corrected chi connectivity index (χ4v) is 4.72. The Bertz CT molecular complexity index is 908. The van der Waals surface area contributed by atoms with Gasteiger partial charge in [0.05, 0.1) is 10.5 Å². The van der Waals surface area contributed by atoms with Gasteiger partial charge in [0.25, 0.3) is 0 Å². The van der Waals surface area contributed by atoms with Crippen molar-refractivity contribution in [1.82, 2.24) is 0 Å². The van der Waals surface area contributed by atoms with Crippen molar-refractivity contribution in [3.63, 3.8) is 0 Å². The number of carbonyl (C=O) groups is 2. The van der Waals surface area contributed by atoms with Crippen LogP contribution in [0.15, 0.2) is 52.0 Å². The van der Waals surface area contributed by atoms with E-state index in [0.29, 0.717) is 10.5 Å². The Hall–Kier alpha value is -0.571. The first-order valence-corrected chi connectivity index (χ1v) is 12.9. The van der Waals surface area contributed by atoms with Crippen LogP contribution in [0.1, 0.15) is 10.4 Å². The van der Waals surface area contributed by atoms with E-state index in [4.69, 9.17) is 0 Å². The monoisotopic (exact) mass is 598 g/mol. The molecule has 0 spiro atoms. The molecule has 20 radical (unpaired) electrons. The zero-order valence-electron chi connectivity index (χ0n) is 20.7. The molecule has 5 aliphatic rings. The number of hydrogen-bond donors (Lipinski definition) is 0. The summed E-state index contributed by atoms with van der Waals surface area (Å²) < 4.78 is 0. The second kappa shape index (κ2) is 18.0. The minimum atomic E-state index is -0.222. The number of allylic oxidation sites excluding steroid dienone is 4. The predicted octanol–water partition coefficient (Wildman–Crippen LogP) is 6.21. The maximum Gasteiger partial charge on any atom is 2.00 e. The van der Waals surface area contributed by atoms with Gasteiger partial charge in [0.1, 0.15) is 0 Å². The number of rotatable bonds is 5. The summed E-state index contributed by atoms with van der Waals surface area (Å²) in [5.41, 5.74) is 2.40. The van der Waals surface area contributed by atoms with Crippen molar-refractivity contribution < 1.29 is 43.7 Å². The average molecular weight is 598 g/mol. The molecule has 1 aromatic carbocycles. The molecule has 0 bridgehead atoms. The Labute approximate surface area is 257 Å². The van der Waals surface area contributed by atoms with Crippen molar-refractivity contribution in [3.05, 3.63) is 185 Å². The van der Waals surface area contributed by atoms with Crippen LogP contribution in [-0.4, -0.2) is 17.8 Å². The van der Waals surface area contributed by atoms with Crippen LogP contribution in [0.3, 0.4) is 0 Å². The van der Waals surface area contributed by atoms with Crippen molar-refractivity contribution in [2.24, 2.45) is 0 Å². The molecule has 5 aliphatic carbocycles. The quantitative estimate of drug-likeness (QED) is 0.230. The molecule has 5 heteroatoms. The van der Waals surface area contributed by atoms with Crippen LogP contribution in [0.2, 0.25) is 0 Å². The molecule has 0 N–H and O–H groups in total. The van der Waals surface area contributed by atoms with Crippen molar-refractivity contribution in [2.75, 3.05) is 6.26 Å². The van der Waals surface area contributed by atoms with Gasteiger partial charge in [-0.3, -0.25) is 9.59 Å². The van der Waals surface area contributed by atoms with Gasteiger partial charge < -0.3 is 0 Å². The summed E-state index contributed by atoms with van der Waals surface area (Å²) in [6.45, 7) is 0. The number of thioether (sulfide) groups is 1. The second-order valence-corrected chi connectivity index (χ2v) is 8.77. The van der Waals surface area contributed by atoms with Crippen LogP contribution in [0.5, 0.6) is 0 Å². The first-order valence-electron chi connectivity index (χ1n) is 11.7. The zero-order valence-corrected chi connectivity index (χ0v) is 23.7. The van der Waals surface area contributed by atoms with E-state index in [1.165, 1.54) is 11.8 Å². The summed E-state index contributed by atoms with van der Waals surface area (Å²) in [4.78, 5) is 27.1. The molecule has 0 aromatic heterocycles. The van der Waals surface area contributed by atoms with Gasteiger partial charge in [-0.1, -0.05) is 30.3 Å². The molecule has 0 atom stereocenters. The second-order valence-electron chi connectivity index (χ2n) is 7.95. The summed E-state index contributed by atoms with van der Waals surface area (Å²) >= 11 is 1.40. The molecule has 0 unspecified atom stereocenters. The smallest absolute Gasteiger partial charge is 0.288 e. The molecule has 0 heterocycles. The summed E-state index contributed by atoms with van der Waals surface area (Å²) in [5.74, 6) is 1.46.